The van der Waals surface area contributed by atoms with Crippen LogP contribution in [0.2, 0.25) is 0 Å². The topological polar surface area (TPSA) is 105 Å². The van der Waals surface area contributed by atoms with E-state index in [1.54, 1.807) is 12.1 Å². The average molecular weight is 616 g/mol. The van der Waals surface area contributed by atoms with Crippen LogP contribution < -0.4 is 21.5 Å². The number of hydrogen-bond acceptors (Lipinski definition) is 6. The van der Waals surface area contributed by atoms with Crippen LogP contribution in [-0.4, -0.2) is 40.0 Å². The smallest absolute Gasteiger partial charge is 0.384 e. The molecule has 7 rings (SSSR count). The van der Waals surface area contributed by atoms with Gasteiger partial charge in [-0.3, -0.25) is 24.3 Å². The van der Waals surface area contributed by atoms with Gasteiger partial charge < -0.3 is 10.6 Å². The van der Waals surface area contributed by atoms with Crippen LogP contribution in [0.4, 0.5) is 18.9 Å². The molecule has 4 aliphatic carbocycles. The summed E-state index contributed by atoms with van der Waals surface area (Å²) < 4.78 is 42.3. The number of amides is 2. The van der Waals surface area contributed by atoms with Gasteiger partial charge in [-0.15, -0.1) is 0 Å². The second kappa shape index (κ2) is 11.4. The molecule has 11 heteroatoms. The Morgan fingerprint density at radius 1 is 0.955 bits per heavy atom. The molecule has 5 fully saturated rings. The SMILES string of the molecule is C[C@]12CC3CC(NCCCCCCCNc4cccc5nc(C(F)(F)F)n(C6CCC(=O)NC6=O)c(=O)c45)(C1)C[C@@](C)(C3)C2. The Balaban J connectivity index is 1.02. The first kappa shape index (κ1) is 31.0. The van der Waals surface area contributed by atoms with Crippen molar-refractivity contribution in [2.24, 2.45) is 16.7 Å². The molecule has 8 nitrogen and oxygen atoms in total. The summed E-state index contributed by atoms with van der Waals surface area (Å²) in [5.41, 5.74) is 0.689. The molecule has 5 atom stereocenters. The van der Waals surface area contributed by atoms with E-state index in [1.165, 1.54) is 44.6 Å². The van der Waals surface area contributed by atoms with Crippen LogP contribution in [0.5, 0.6) is 0 Å². The van der Waals surface area contributed by atoms with Gasteiger partial charge in [-0.1, -0.05) is 39.2 Å². The van der Waals surface area contributed by atoms with Crippen molar-refractivity contribution in [2.45, 2.75) is 115 Å². The molecule has 4 bridgehead atoms. The number of unbranched alkanes of at least 4 members (excludes halogenated alkanes) is 4. The molecule has 0 spiro atoms. The van der Waals surface area contributed by atoms with Crippen molar-refractivity contribution in [3.8, 4) is 0 Å². The van der Waals surface area contributed by atoms with Crippen molar-refractivity contribution in [1.82, 2.24) is 20.2 Å². The van der Waals surface area contributed by atoms with Crippen molar-refractivity contribution >= 4 is 28.4 Å². The summed E-state index contributed by atoms with van der Waals surface area (Å²) in [5.74, 6) is -2.07. The first-order valence-electron chi connectivity index (χ1n) is 16.2. The van der Waals surface area contributed by atoms with Crippen molar-refractivity contribution in [1.29, 1.82) is 0 Å². The number of benzene rings is 1. The summed E-state index contributed by atoms with van der Waals surface area (Å²) in [5, 5.41) is 9.27. The molecule has 2 amide bonds. The summed E-state index contributed by atoms with van der Waals surface area (Å²) >= 11 is 0. The highest BCUT2D eigenvalue weighted by molar-refractivity contribution is 5.99. The lowest BCUT2D eigenvalue weighted by molar-refractivity contribution is -0.150. The monoisotopic (exact) mass is 615 g/mol. The van der Waals surface area contributed by atoms with E-state index in [0.29, 0.717) is 33.2 Å². The minimum Gasteiger partial charge on any atom is -0.384 e. The molecule has 0 radical (unpaired) electrons. The lowest BCUT2D eigenvalue weighted by Gasteiger charge is -2.65. The molecule has 1 aromatic heterocycles. The standard InChI is InChI=1S/C33H44F3N5O3/c1-30-15-21-16-31(2,18-30)20-32(17-21,19-30)38-14-7-5-3-4-6-13-37-22-9-8-10-23-26(22)28(44)41(29(39-23)33(34,35)36)24-11-12-25(42)40-27(24)43/h8-10,21,24,37-38H,3-7,11-20H2,1-2H3,(H,40,42,43)/t21?,24?,30-,31+,32?. The highest BCUT2D eigenvalue weighted by Gasteiger charge is 2.59. The molecule has 4 saturated carbocycles. The summed E-state index contributed by atoms with van der Waals surface area (Å²) in [6, 6.07) is 3.10. The van der Waals surface area contributed by atoms with Crippen LogP contribution >= 0.6 is 0 Å². The van der Waals surface area contributed by atoms with Gasteiger partial charge in [0.25, 0.3) is 5.56 Å². The fourth-order valence-electron chi connectivity index (χ4n) is 9.81. The fraction of sp³-hybridized carbons (Fsp3) is 0.697. The average Bonchev–Trinajstić information content (AvgIpc) is 2.90. The fourth-order valence-corrected chi connectivity index (χ4v) is 9.81. The third kappa shape index (κ3) is 6.13. The van der Waals surface area contributed by atoms with Crippen LogP contribution in [0.1, 0.15) is 109 Å². The number of aromatic nitrogens is 2. The van der Waals surface area contributed by atoms with E-state index in [4.69, 9.17) is 0 Å². The number of nitrogens with one attached hydrogen (secondary N) is 3. The van der Waals surface area contributed by atoms with Crippen LogP contribution in [0, 0.1) is 16.7 Å². The van der Waals surface area contributed by atoms with Crippen LogP contribution in [0.3, 0.4) is 0 Å². The number of carbonyl (C=O) groups excluding carboxylic acids is 2. The van der Waals surface area contributed by atoms with E-state index in [0.717, 1.165) is 44.6 Å². The quantitative estimate of drug-likeness (QED) is 0.209. The largest absolute Gasteiger partial charge is 0.449 e. The number of alkyl halides is 3. The Morgan fingerprint density at radius 2 is 1.64 bits per heavy atom. The predicted molar refractivity (Wildman–Crippen MR) is 162 cm³/mol. The zero-order valence-corrected chi connectivity index (χ0v) is 25.7. The van der Waals surface area contributed by atoms with Gasteiger partial charge in [0.15, 0.2) is 0 Å². The maximum Gasteiger partial charge on any atom is 0.449 e. The van der Waals surface area contributed by atoms with Gasteiger partial charge in [0, 0.05) is 24.2 Å². The molecule has 240 valence electrons. The highest BCUT2D eigenvalue weighted by atomic mass is 19.4. The van der Waals surface area contributed by atoms with Gasteiger partial charge in [-0.05, 0) is 93.2 Å². The molecule has 44 heavy (non-hydrogen) atoms. The normalized spacial score (nSPS) is 31.5. The summed E-state index contributed by atoms with van der Waals surface area (Å²) in [6.07, 6.45) is 8.05. The van der Waals surface area contributed by atoms with Gasteiger partial charge in [-0.2, -0.15) is 13.2 Å². The molecular formula is C33H44F3N5O3. The van der Waals surface area contributed by atoms with E-state index < -0.39 is 35.4 Å². The molecule has 5 aliphatic rings. The second-order valence-corrected chi connectivity index (χ2v) is 14.8. The number of halogens is 3. The molecule has 1 aliphatic heterocycles. The van der Waals surface area contributed by atoms with Gasteiger partial charge in [-0.25, -0.2) is 4.98 Å². The Hall–Kier alpha value is -2.95. The lowest BCUT2D eigenvalue weighted by atomic mass is 9.43. The van der Waals surface area contributed by atoms with E-state index in [9.17, 15) is 27.6 Å². The summed E-state index contributed by atoms with van der Waals surface area (Å²) in [4.78, 5) is 41.4. The van der Waals surface area contributed by atoms with Crippen molar-refractivity contribution in [3.05, 3.63) is 34.4 Å². The number of fused-ring (bicyclic) bond motifs is 1. The van der Waals surface area contributed by atoms with Gasteiger partial charge >= 0.3 is 6.18 Å². The Morgan fingerprint density at radius 3 is 2.30 bits per heavy atom. The molecule has 3 N–H and O–H groups in total. The first-order chi connectivity index (χ1) is 20.8. The maximum absolute atomic E-state index is 14.0. The highest BCUT2D eigenvalue weighted by Crippen LogP contribution is 2.66. The summed E-state index contributed by atoms with van der Waals surface area (Å²) in [6.45, 7) is 6.61. The van der Waals surface area contributed by atoms with E-state index in [2.05, 4.69) is 29.5 Å². The Labute approximate surface area is 255 Å². The third-order valence-electron chi connectivity index (χ3n) is 10.5. The van der Waals surface area contributed by atoms with Crippen LogP contribution in [0.25, 0.3) is 10.9 Å². The van der Waals surface area contributed by atoms with Crippen molar-refractivity contribution < 1.29 is 22.8 Å². The number of nitrogens with zero attached hydrogens (tertiary/aromatic N) is 2. The second-order valence-electron chi connectivity index (χ2n) is 14.8. The third-order valence-corrected chi connectivity index (χ3v) is 10.5. The lowest BCUT2D eigenvalue weighted by Crippen LogP contribution is -2.64. The zero-order chi connectivity index (χ0) is 31.3. The van der Waals surface area contributed by atoms with Crippen molar-refractivity contribution in [2.75, 3.05) is 18.4 Å². The molecule has 2 heterocycles. The Bertz CT molecular complexity index is 1490. The van der Waals surface area contributed by atoms with Gasteiger partial charge in [0.2, 0.25) is 17.6 Å². The number of carbonyl (C=O) groups is 2. The number of imide groups is 1. The Kier molecular flexibility index (Phi) is 8.08. The number of anilines is 1. The van der Waals surface area contributed by atoms with E-state index in [-0.39, 0.29) is 23.7 Å². The predicted octanol–water partition coefficient (Wildman–Crippen LogP) is 6.09. The minimum atomic E-state index is -4.96. The van der Waals surface area contributed by atoms with Crippen molar-refractivity contribution in [3.63, 3.8) is 0 Å². The van der Waals surface area contributed by atoms with Crippen LogP contribution in [0.15, 0.2) is 23.0 Å². The van der Waals surface area contributed by atoms with Gasteiger partial charge in [0.1, 0.15) is 6.04 Å². The number of rotatable bonds is 11. The first-order valence-corrected chi connectivity index (χ1v) is 16.2. The van der Waals surface area contributed by atoms with E-state index in [1.807, 2.05) is 5.32 Å². The van der Waals surface area contributed by atoms with E-state index >= 15 is 0 Å². The molecule has 2 aromatic rings. The number of piperidine rings is 1. The molecule has 1 aromatic carbocycles. The summed E-state index contributed by atoms with van der Waals surface area (Å²) in [7, 11) is 0. The number of hydrogen-bond donors (Lipinski definition) is 3. The zero-order valence-electron chi connectivity index (χ0n) is 25.7. The minimum absolute atomic E-state index is 0.00340. The molecule has 3 unspecified atom stereocenters. The molecule has 1 saturated heterocycles. The van der Waals surface area contributed by atoms with Crippen LogP contribution in [-0.2, 0) is 15.8 Å². The molecular weight excluding hydrogens is 571 g/mol. The van der Waals surface area contributed by atoms with Gasteiger partial charge in [0.05, 0.1) is 10.9 Å². The maximum atomic E-state index is 14.0.